The van der Waals surface area contributed by atoms with Crippen LogP contribution >= 0.6 is 0 Å². The van der Waals surface area contributed by atoms with E-state index < -0.39 is 11.6 Å². The summed E-state index contributed by atoms with van der Waals surface area (Å²) in [6.07, 6.45) is 0.944. The quantitative estimate of drug-likeness (QED) is 0.786. The molecule has 0 N–H and O–H groups in total. The third kappa shape index (κ3) is 2.42. The molecule has 6 heteroatoms. The maximum Gasteiger partial charge on any atom is 0.399 e. The van der Waals surface area contributed by atoms with E-state index in [1.165, 1.54) is 6.07 Å². The fourth-order valence-electron chi connectivity index (χ4n) is 4.49. The van der Waals surface area contributed by atoms with E-state index >= 15 is 0 Å². The third-order valence-corrected chi connectivity index (χ3v) is 6.24. The molecule has 0 bridgehead atoms. The molecule has 2 heterocycles. The second kappa shape index (κ2) is 5.20. The Balaban J connectivity index is 1.47. The molecule has 3 aliphatic rings. The van der Waals surface area contributed by atoms with Gasteiger partial charge in [0.25, 0.3) is 0 Å². The third-order valence-electron chi connectivity index (χ3n) is 6.24. The number of carbonyl (C=O) groups excluding carboxylic acids is 1. The van der Waals surface area contributed by atoms with Gasteiger partial charge in [0, 0.05) is 30.1 Å². The van der Waals surface area contributed by atoms with Crippen LogP contribution in [0.4, 0.5) is 13.2 Å². The highest BCUT2D eigenvalue weighted by Crippen LogP contribution is 2.58. The summed E-state index contributed by atoms with van der Waals surface area (Å²) in [5.41, 5.74) is -0.441. The molecule has 1 amide bonds. The Hall–Kier alpha value is -1.59. The first-order valence-electron chi connectivity index (χ1n) is 8.61. The smallest absolute Gasteiger partial charge is 0.344 e. The summed E-state index contributed by atoms with van der Waals surface area (Å²) in [6, 6.07) is 5.13. The van der Waals surface area contributed by atoms with Crippen molar-refractivity contribution < 1.29 is 18.0 Å². The molecule has 3 nitrogen and oxygen atoms in total. The predicted octanol–water partition coefficient (Wildman–Crippen LogP) is 3.79. The molecule has 0 aromatic carbocycles. The topological polar surface area (TPSA) is 33.2 Å². The number of hydrogen-bond donors (Lipinski definition) is 0. The molecule has 1 aromatic rings. The first kappa shape index (κ1) is 15.9. The number of likely N-dealkylation sites (tertiary alicyclic amines) is 1. The predicted molar refractivity (Wildman–Crippen MR) is 82.5 cm³/mol. The molecule has 0 atom stereocenters. The zero-order valence-electron chi connectivity index (χ0n) is 13.5. The number of rotatable bonds is 3. The molecular formula is C18H21F3N2O. The number of carbonyl (C=O) groups is 1. The molecule has 1 aliphatic heterocycles. The van der Waals surface area contributed by atoms with Gasteiger partial charge in [0.2, 0.25) is 6.41 Å². The summed E-state index contributed by atoms with van der Waals surface area (Å²) in [7, 11) is 0. The number of hydrogen-bond acceptors (Lipinski definition) is 2. The molecule has 2 aliphatic carbocycles. The van der Waals surface area contributed by atoms with Gasteiger partial charge in [-0.2, -0.15) is 13.2 Å². The molecule has 3 fully saturated rings. The van der Waals surface area contributed by atoms with Gasteiger partial charge in [-0.3, -0.25) is 9.78 Å². The Labute approximate surface area is 139 Å². The van der Waals surface area contributed by atoms with Crippen LogP contribution in [0.15, 0.2) is 18.2 Å². The first-order chi connectivity index (χ1) is 11.4. The van der Waals surface area contributed by atoms with Crippen LogP contribution in [0.5, 0.6) is 0 Å². The Morgan fingerprint density at radius 3 is 2.33 bits per heavy atom. The maximum atomic E-state index is 13.3. The van der Waals surface area contributed by atoms with Gasteiger partial charge in [-0.1, -0.05) is 6.07 Å². The van der Waals surface area contributed by atoms with Crippen LogP contribution in [-0.2, 0) is 10.2 Å². The van der Waals surface area contributed by atoms with Crippen molar-refractivity contribution in [2.45, 2.75) is 56.0 Å². The minimum Gasteiger partial charge on any atom is -0.344 e. The fraction of sp³-hybridized carbons (Fsp3) is 0.667. The summed E-state index contributed by atoms with van der Waals surface area (Å²) in [5, 5.41) is 0. The van der Waals surface area contributed by atoms with E-state index in [1.807, 2.05) is 6.07 Å². The number of pyridine rings is 1. The molecule has 1 spiro atoms. The molecule has 1 aromatic heterocycles. The second-order valence-corrected chi connectivity index (χ2v) is 7.81. The van der Waals surface area contributed by atoms with Crippen molar-refractivity contribution in [1.29, 1.82) is 0 Å². The second-order valence-electron chi connectivity index (χ2n) is 7.81. The van der Waals surface area contributed by atoms with Crippen LogP contribution in [0.25, 0.3) is 0 Å². The Bertz CT molecular complexity index is 638. The lowest BCUT2D eigenvalue weighted by molar-refractivity contribution is -0.161. The maximum absolute atomic E-state index is 13.3. The van der Waals surface area contributed by atoms with Crippen molar-refractivity contribution in [3.8, 4) is 0 Å². The summed E-state index contributed by atoms with van der Waals surface area (Å²) >= 11 is 0. The monoisotopic (exact) mass is 338 g/mol. The van der Waals surface area contributed by atoms with Gasteiger partial charge in [-0.15, -0.1) is 0 Å². The molecule has 2 saturated carbocycles. The lowest BCUT2D eigenvalue weighted by Crippen LogP contribution is -2.56. The summed E-state index contributed by atoms with van der Waals surface area (Å²) in [5.74, 6) is 0.241. The van der Waals surface area contributed by atoms with Crippen LogP contribution in [0, 0.1) is 5.41 Å². The van der Waals surface area contributed by atoms with Gasteiger partial charge >= 0.3 is 6.18 Å². The average Bonchev–Trinajstić information content (AvgIpc) is 3.34. The van der Waals surface area contributed by atoms with Gasteiger partial charge in [0.05, 0.1) is 5.69 Å². The largest absolute Gasteiger partial charge is 0.399 e. The molecule has 4 rings (SSSR count). The van der Waals surface area contributed by atoms with Gasteiger partial charge in [0.15, 0.2) is 0 Å². The first-order valence-corrected chi connectivity index (χ1v) is 8.61. The number of nitrogens with zero attached hydrogens (tertiary/aromatic N) is 2. The number of aromatic nitrogens is 1. The molecule has 1 saturated heterocycles. The lowest BCUT2D eigenvalue weighted by Gasteiger charge is -2.52. The summed E-state index contributed by atoms with van der Waals surface area (Å²) < 4.78 is 39.9. The van der Waals surface area contributed by atoms with E-state index in [9.17, 15) is 18.0 Å². The highest BCUT2D eigenvalue weighted by Gasteiger charge is 2.65. The minimum atomic E-state index is -4.21. The lowest BCUT2D eigenvalue weighted by atomic mass is 9.65. The van der Waals surface area contributed by atoms with Crippen LogP contribution in [-0.4, -0.2) is 35.6 Å². The van der Waals surface area contributed by atoms with Crippen molar-refractivity contribution in [2.24, 2.45) is 5.41 Å². The van der Waals surface area contributed by atoms with E-state index in [-0.39, 0.29) is 29.9 Å². The van der Waals surface area contributed by atoms with Crippen molar-refractivity contribution in [3.63, 3.8) is 0 Å². The van der Waals surface area contributed by atoms with Crippen molar-refractivity contribution in [1.82, 2.24) is 9.88 Å². The van der Waals surface area contributed by atoms with Gasteiger partial charge in [0.1, 0.15) is 5.41 Å². The fourth-order valence-corrected chi connectivity index (χ4v) is 4.49. The molecule has 0 unspecified atom stereocenters. The van der Waals surface area contributed by atoms with Crippen LogP contribution in [0.2, 0.25) is 0 Å². The van der Waals surface area contributed by atoms with Crippen LogP contribution in [0.1, 0.15) is 55.8 Å². The molecular weight excluding hydrogens is 317 g/mol. The van der Waals surface area contributed by atoms with Gasteiger partial charge < -0.3 is 4.90 Å². The zero-order valence-corrected chi connectivity index (χ0v) is 13.5. The van der Waals surface area contributed by atoms with E-state index in [4.69, 9.17) is 0 Å². The van der Waals surface area contributed by atoms with E-state index in [2.05, 4.69) is 4.98 Å². The summed E-state index contributed by atoms with van der Waals surface area (Å²) in [4.78, 5) is 17.0. The van der Waals surface area contributed by atoms with Crippen molar-refractivity contribution in [3.05, 3.63) is 29.6 Å². The number of amides is 1. The highest BCUT2D eigenvalue weighted by atomic mass is 19.4. The standard InChI is InChI=1S/C18H21F3N2O/c19-18(20,21)17(8-9-17)15-3-1-2-14(22-15)13-4-6-16(7-5-13)10-23(11-16)12-24/h1-3,12-13H,4-11H2. The van der Waals surface area contributed by atoms with Crippen molar-refractivity contribution in [2.75, 3.05) is 13.1 Å². The summed E-state index contributed by atoms with van der Waals surface area (Å²) in [6.45, 7) is 1.65. The van der Waals surface area contributed by atoms with E-state index in [1.54, 1.807) is 11.0 Å². The molecule has 130 valence electrons. The van der Waals surface area contributed by atoms with E-state index in [0.29, 0.717) is 0 Å². The highest BCUT2D eigenvalue weighted by molar-refractivity contribution is 5.49. The normalized spacial score (nSPS) is 25.4. The number of alkyl halides is 3. The molecule has 24 heavy (non-hydrogen) atoms. The average molecular weight is 338 g/mol. The minimum absolute atomic E-state index is 0.155. The Morgan fingerprint density at radius 2 is 1.79 bits per heavy atom. The van der Waals surface area contributed by atoms with Crippen LogP contribution < -0.4 is 0 Å². The number of halogens is 3. The SMILES string of the molecule is O=CN1CC2(CCC(c3cccc(C4(C(F)(F)F)CC4)n3)CC2)C1. The van der Waals surface area contributed by atoms with Crippen molar-refractivity contribution >= 4 is 6.41 Å². The van der Waals surface area contributed by atoms with Crippen LogP contribution in [0.3, 0.4) is 0 Å². The van der Waals surface area contributed by atoms with E-state index in [0.717, 1.165) is 50.9 Å². The molecule has 0 radical (unpaired) electrons. The van der Waals surface area contributed by atoms with Gasteiger partial charge in [-0.05, 0) is 50.7 Å². The Kier molecular flexibility index (Phi) is 3.45. The zero-order chi connectivity index (χ0) is 17.0. The van der Waals surface area contributed by atoms with Gasteiger partial charge in [-0.25, -0.2) is 0 Å². The Morgan fingerprint density at radius 1 is 1.12 bits per heavy atom.